The van der Waals surface area contributed by atoms with Gasteiger partial charge in [0.25, 0.3) is 15.9 Å². The third kappa shape index (κ3) is 3.49. The molecule has 0 spiro atoms. The molecule has 0 aliphatic carbocycles. The minimum absolute atomic E-state index is 0.211. The molecule has 1 unspecified atom stereocenters. The van der Waals surface area contributed by atoms with E-state index in [9.17, 15) is 26.8 Å². The van der Waals surface area contributed by atoms with Crippen LogP contribution in [-0.4, -0.2) is 38.2 Å². The maximum absolute atomic E-state index is 13.8. The molecular weight excluding hydrogens is 330 g/mol. The van der Waals surface area contributed by atoms with Crippen molar-refractivity contribution in [3.8, 4) is 0 Å². The van der Waals surface area contributed by atoms with E-state index in [0.29, 0.717) is 6.42 Å². The number of likely N-dealkylation sites (tertiary alicyclic amines) is 1. The first kappa shape index (κ1) is 17.3. The zero-order valence-electron chi connectivity index (χ0n) is 12.6. The van der Waals surface area contributed by atoms with Gasteiger partial charge in [-0.1, -0.05) is 0 Å². The van der Waals surface area contributed by atoms with Crippen molar-refractivity contribution in [2.75, 3.05) is 7.05 Å². The number of likely N-dealkylation sites (N-methyl/N-ethyl adjacent to an activating group) is 1. The third-order valence-corrected chi connectivity index (χ3v) is 5.08. The quantitative estimate of drug-likeness (QED) is 0.888. The molecule has 1 aromatic carbocycles. The Morgan fingerprint density at radius 3 is 2.43 bits per heavy atom. The van der Waals surface area contributed by atoms with Gasteiger partial charge in [0, 0.05) is 13.5 Å². The lowest BCUT2D eigenvalue weighted by Crippen LogP contribution is -2.51. The molecule has 1 saturated heterocycles. The molecule has 0 aromatic heterocycles. The molecule has 1 atom stereocenters. The van der Waals surface area contributed by atoms with Crippen LogP contribution in [0.25, 0.3) is 0 Å². The largest absolute Gasteiger partial charge is 0.334 e. The average Bonchev–Trinajstić information content (AvgIpc) is 2.39. The van der Waals surface area contributed by atoms with Crippen molar-refractivity contribution in [3.05, 3.63) is 29.3 Å². The van der Waals surface area contributed by atoms with Gasteiger partial charge in [-0.05, 0) is 37.5 Å². The second kappa shape index (κ2) is 6.23. The van der Waals surface area contributed by atoms with Crippen LogP contribution in [0.15, 0.2) is 17.0 Å². The number of hydrogen-bond donors (Lipinski definition) is 1. The smallest absolute Gasteiger partial charge is 0.269 e. The molecule has 0 bridgehead atoms. The molecule has 6 nitrogen and oxygen atoms in total. The van der Waals surface area contributed by atoms with Gasteiger partial charge in [0.1, 0.15) is 17.7 Å². The lowest BCUT2D eigenvalue weighted by Gasteiger charge is -2.31. The molecule has 126 valence electrons. The highest BCUT2D eigenvalue weighted by Crippen LogP contribution is 2.22. The molecule has 1 aromatic rings. The Hall–Kier alpha value is -2.03. The fourth-order valence-corrected chi connectivity index (χ4v) is 3.63. The molecular formula is C14H16F2N2O4S. The summed E-state index contributed by atoms with van der Waals surface area (Å²) in [5.41, 5.74) is 0.211. The summed E-state index contributed by atoms with van der Waals surface area (Å²) in [6.45, 7) is 1.41. The van der Waals surface area contributed by atoms with Gasteiger partial charge in [0.05, 0.1) is 0 Å². The number of halogens is 2. The maximum atomic E-state index is 13.8. The van der Waals surface area contributed by atoms with E-state index in [0.717, 1.165) is 17.0 Å². The zero-order chi connectivity index (χ0) is 17.4. The normalized spacial score (nSPS) is 18.9. The number of piperidine rings is 1. The summed E-state index contributed by atoms with van der Waals surface area (Å²) in [6.07, 6.45) is 0.991. The highest BCUT2D eigenvalue weighted by atomic mass is 32.2. The number of nitrogens with one attached hydrogen (secondary N) is 1. The van der Waals surface area contributed by atoms with Crippen LogP contribution < -0.4 is 4.72 Å². The Balaban J connectivity index is 2.28. The van der Waals surface area contributed by atoms with Crippen LogP contribution in [0, 0.1) is 18.6 Å². The predicted molar refractivity (Wildman–Crippen MR) is 76.8 cm³/mol. The molecule has 1 N–H and O–H groups in total. The molecule has 2 amide bonds. The number of benzene rings is 1. The van der Waals surface area contributed by atoms with E-state index >= 15 is 0 Å². The van der Waals surface area contributed by atoms with Crippen LogP contribution in [0.2, 0.25) is 0 Å². The lowest BCUT2D eigenvalue weighted by atomic mass is 10.0. The van der Waals surface area contributed by atoms with E-state index in [-0.39, 0.29) is 24.3 Å². The first-order chi connectivity index (χ1) is 10.6. The maximum Gasteiger partial charge on any atom is 0.269 e. The van der Waals surface area contributed by atoms with Crippen molar-refractivity contribution >= 4 is 21.8 Å². The number of carbonyl (C=O) groups is 2. The number of hydrogen-bond acceptors (Lipinski definition) is 4. The van der Waals surface area contributed by atoms with E-state index in [1.807, 2.05) is 0 Å². The van der Waals surface area contributed by atoms with Gasteiger partial charge in [-0.2, -0.15) is 0 Å². The second-order valence-corrected chi connectivity index (χ2v) is 7.06. The van der Waals surface area contributed by atoms with Crippen LogP contribution >= 0.6 is 0 Å². The van der Waals surface area contributed by atoms with Crippen molar-refractivity contribution in [2.45, 2.75) is 37.1 Å². The Bertz CT molecular complexity index is 741. The zero-order valence-corrected chi connectivity index (χ0v) is 13.4. The number of aryl methyl sites for hydroxylation is 1. The van der Waals surface area contributed by atoms with Crippen molar-refractivity contribution in [2.24, 2.45) is 0 Å². The number of sulfonamides is 1. The number of amides is 2. The van der Waals surface area contributed by atoms with Crippen molar-refractivity contribution in [3.63, 3.8) is 0 Å². The summed E-state index contributed by atoms with van der Waals surface area (Å²) in [6, 6.07) is 0.735. The Morgan fingerprint density at radius 1 is 1.30 bits per heavy atom. The fourth-order valence-electron chi connectivity index (χ4n) is 2.49. The fraction of sp³-hybridized carbons (Fsp3) is 0.429. The Labute approximate surface area is 132 Å². The van der Waals surface area contributed by atoms with Gasteiger partial charge >= 0.3 is 0 Å². The summed E-state index contributed by atoms with van der Waals surface area (Å²) in [7, 11) is -3.33. The first-order valence-electron chi connectivity index (χ1n) is 6.91. The Morgan fingerprint density at radius 2 is 1.87 bits per heavy atom. The highest BCUT2D eigenvalue weighted by Gasteiger charge is 2.34. The lowest BCUT2D eigenvalue weighted by molar-refractivity contribution is -0.141. The summed E-state index contributed by atoms with van der Waals surface area (Å²) in [4.78, 5) is 23.6. The molecule has 9 heteroatoms. The molecule has 0 radical (unpaired) electrons. The third-order valence-electron chi connectivity index (χ3n) is 3.68. The minimum atomic E-state index is -4.72. The van der Waals surface area contributed by atoms with E-state index in [4.69, 9.17) is 0 Å². The van der Waals surface area contributed by atoms with Crippen LogP contribution in [0.4, 0.5) is 8.78 Å². The van der Waals surface area contributed by atoms with Crippen molar-refractivity contribution in [1.29, 1.82) is 0 Å². The van der Waals surface area contributed by atoms with Gasteiger partial charge in [0.2, 0.25) is 5.91 Å². The number of carbonyl (C=O) groups excluding carboxylic acids is 2. The molecule has 1 heterocycles. The monoisotopic (exact) mass is 346 g/mol. The van der Waals surface area contributed by atoms with Crippen molar-refractivity contribution < 1.29 is 26.8 Å². The van der Waals surface area contributed by atoms with Crippen LogP contribution in [-0.2, 0) is 19.6 Å². The van der Waals surface area contributed by atoms with E-state index in [1.54, 1.807) is 4.72 Å². The molecule has 23 heavy (non-hydrogen) atoms. The first-order valence-corrected chi connectivity index (χ1v) is 8.40. The molecule has 2 rings (SSSR count). The van der Waals surface area contributed by atoms with Crippen molar-refractivity contribution in [1.82, 2.24) is 9.62 Å². The Kier molecular flexibility index (Phi) is 4.69. The number of nitrogens with zero attached hydrogens (tertiary/aromatic N) is 1. The SMILES string of the molecule is Cc1cc(F)c(S(=O)(=O)NC(=O)C2CCCC(=O)N2C)c(F)c1. The summed E-state index contributed by atoms with van der Waals surface area (Å²) in [5.74, 6) is -3.84. The van der Waals surface area contributed by atoms with Gasteiger partial charge in [-0.3, -0.25) is 9.59 Å². The summed E-state index contributed by atoms with van der Waals surface area (Å²) in [5, 5.41) is 0. The second-order valence-electron chi connectivity index (χ2n) is 5.44. The van der Waals surface area contributed by atoms with E-state index in [1.165, 1.54) is 14.0 Å². The highest BCUT2D eigenvalue weighted by molar-refractivity contribution is 7.90. The minimum Gasteiger partial charge on any atom is -0.334 e. The standard InChI is InChI=1S/C14H16F2N2O4S/c1-8-6-9(15)13(10(16)7-8)23(21,22)17-14(20)11-4-3-5-12(19)18(11)2/h6-7,11H,3-5H2,1-2H3,(H,17,20). The van der Waals surface area contributed by atoms with Crippen LogP contribution in [0.3, 0.4) is 0 Å². The summed E-state index contributed by atoms with van der Waals surface area (Å²) < 4.78 is 53.5. The topological polar surface area (TPSA) is 83.5 Å². The van der Waals surface area contributed by atoms with Crippen LogP contribution in [0.1, 0.15) is 24.8 Å². The molecule has 1 aliphatic heterocycles. The molecule has 1 fully saturated rings. The van der Waals surface area contributed by atoms with Gasteiger partial charge in [-0.25, -0.2) is 21.9 Å². The van der Waals surface area contributed by atoms with E-state index in [2.05, 4.69) is 0 Å². The average molecular weight is 346 g/mol. The summed E-state index contributed by atoms with van der Waals surface area (Å²) >= 11 is 0. The van der Waals surface area contributed by atoms with Gasteiger partial charge < -0.3 is 4.90 Å². The van der Waals surface area contributed by atoms with Gasteiger partial charge in [0.15, 0.2) is 4.90 Å². The predicted octanol–water partition coefficient (Wildman–Crippen LogP) is 1.09. The van der Waals surface area contributed by atoms with E-state index < -0.39 is 38.5 Å². The number of rotatable bonds is 3. The molecule has 0 saturated carbocycles. The molecule has 1 aliphatic rings. The van der Waals surface area contributed by atoms with Gasteiger partial charge in [-0.15, -0.1) is 0 Å². The van der Waals surface area contributed by atoms with Crippen LogP contribution in [0.5, 0.6) is 0 Å².